The van der Waals surface area contributed by atoms with Crippen LogP contribution in [0.25, 0.3) is 22.3 Å². The first-order chi connectivity index (χ1) is 24.6. The van der Waals surface area contributed by atoms with Gasteiger partial charge in [-0.2, -0.15) is 0 Å². The van der Waals surface area contributed by atoms with Crippen molar-refractivity contribution in [2.45, 2.75) is 0 Å². The minimum absolute atomic E-state index is 0.191. The number of rotatable bonds is 4. The highest BCUT2D eigenvalue weighted by Crippen LogP contribution is 2.38. The Labute approximate surface area is 289 Å². The Morgan fingerprint density at radius 1 is 0.340 bits per heavy atom. The van der Waals surface area contributed by atoms with Crippen LogP contribution in [-0.4, -0.2) is 28.0 Å². The summed E-state index contributed by atoms with van der Waals surface area (Å²) in [6, 6.07) is 35.5. The fourth-order valence-corrected chi connectivity index (χ4v) is 6.76. The molecule has 6 heteroatoms. The molecule has 0 spiro atoms. The highest BCUT2D eigenvalue weighted by atomic mass is 16.3. The molecule has 6 nitrogen and oxygen atoms in total. The fourth-order valence-electron chi connectivity index (χ4n) is 6.76. The number of nitrogens with zero attached hydrogens (tertiary/aromatic N) is 4. The maximum absolute atomic E-state index is 10.2. The van der Waals surface area contributed by atoms with Gasteiger partial charge in [0.15, 0.2) is 0 Å². The number of phenolic OH excluding ortho intramolecular Hbond substituents is 1. The van der Waals surface area contributed by atoms with E-state index in [1.54, 1.807) is 12.1 Å². The zero-order chi connectivity index (χ0) is 33.6. The van der Waals surface area contributed by atoms with Gasteiger partial charge in [-0.25, -0.2) is 20.0 Å². The second-order valence-electron chi connectivity index (χ2n) is 12.3. The summed E-state index contributed by atoms with van der Waals surface area (Å²) >= 11 is 0. The van der Waals surface area contributed by atoms with Crippen molar-refractivity contribution in [3.8, 4) is 5.75 Å². The summed E-state index contributed by atoms with van der Waals surface area (Å²) in [5, 5.41) is 10.2. The molecule has 9 rings (SSSR count). The molecule has 0 atom stereocenters. The monoisotopic (exact) mass is 643 g/mol. The number of fused-ring (bicyclic) bond motifs is 4. The number of nitrogens with two attached hydrogens (primary N) is 1. The Kier molecular flexibility index (Phi) is 6.99. The van der Waals surface area contributed by atoms with Crippen molar-refractivity contribution in [3.63, 3.8) is 0 Å². The second-order valence-corrected chi connectivity index (χ2v) is 12.3. The second kappa shape index (κ2) is 12.0. The number of allylic oxidation sites excluding steroid dienone is 12. The topological polar surface area (TPSA) is 95.7 Å². The summed E-state index contributed by atoms with van der Waals surface area (Å²) in [4.78, 5) is 21.1. The normalized spacial score (nSPS) is 17.6. The molecule has 0 amide bonds. The molecule has 0 saturated heterocycles. The number of nitrogen functional groups attached to an aromatic ring is 1. The Morgan fingerprint density at radius 2 is 0.640 bits per heavy atom. The van der Waals surface area contributed by atoms with E-state index >= 15 is 0 Å². The molecule has 4 aromatic rings. The highest BCUT2D eigenvalue weighted by molar-refractivity contribution is 6.39. The van der Waals surface area contributed by atoms with Gasteiger partial charge < -0.3 is 10.8 Å². The van der Waals surface area contributed by atoms with E-state index in [0.717, 1.165) is 90.2 Å². The van der Waals surface area contributed by atoms with Crippen LogP contribution >= 0.6 is 0 Å². The Balaban J connectivity index is 1.37. The predicted octanol–water partition coefficient (Wildman–Crippen LogP) is 8.98. The number of aliphatic imine (C=N–C) groups is 4. The van der Waals surface area contributed by atoms with Crippen molar-refractivity contribution in [2.75, 3.05) is 5.73 Å². The van der Waals surface area contributed by atoms with E-state index in [9.17, 15) is 5.11 Å². The van der Waals surface area contributed by atoms with E-state index in [1.807, 2.05) is 97.1 Å². The molecular weight excluding hydrogens is 615 g/mol. The zero-order valence-corrected chi connectivity index (χ0v) is 26.8. The van der Waals surface area contributed by atoms with Gasteiger partial charge in [-0.3, -0.25) is 0 Å². The first-order valence-corrected chi connectivity index (χ1v) is 16.4. The van der Waals surface area contributed by atoms with E-state index < -0.39 is 0 Å². The molecule has 0 aliphatic carbocycles. The van der Waals surface area contributed by atoms with Crippen molar-refractivity contribution in [1.82, 2.24) is 0 Å². The van der Waals surface area contributed by atoms with Gasteiger partial charge in [-0.05, 0) is 95.1 Å². The fraction of sp³-hybridized carbons (Fsp3) is 0. The molecule has 0 radical (unpaired) electrons. The first-order valence-electron chi connectivity index (χ1n) is 16.4. The molecule has 4 aromatic carbocycles. The third-order valence-electron chi connectivity index (χ3n) is 9.09. The minimum atomic E-state index is 0.191. The van der Waals surface area contributed by atoms with Crippen LogP contribution < -0.4 is 5.73 Å². The third-order valence-corrected chi connectivity index (χ3v) is 9.09. The molecular formula is C44H29N5O. The first kappa shape index (κ1) is 29.2. The van der Waals surface area contributed by atoms with Crippen LogP contribution in [0.2, 0.25) is 0 Å². The standard InChI is InChI=1S/C44H29N5O/c45-31-15-11-29(12-16-31)43-37-23-21-35(47-37)41(27-7-3-1-4-8-27)33-19-20-34(46-33)42(28-9-5-2-6-10-28)36-22-24-39(48-36)44(40-26-25-38(43)49-40)30-13-17-32(50)18-14-30/h1-26,50H,45H2. The molecule has 50 heavy (non-hydrogen) atoms. The van der Waals surface area contributed by atoms with E-state index in [1.165, 1.54) is 0 Å². The van der Waals surface area contributed by atoms with Crippen molar-refractivity contribution in [3.05, 3.63) is 203 Å². The quantitative estimate of drug-likeness (QED) is 0.217. The van der Waals surface area contributed by atoms with Gasteiger partial charge in [-0.1, -0.05) is 84.9 Å². The average Bonchev–Trinajstić information content (AvgIpc) is 3.98. The molecule has 5 aliphatic heterocycles. The van der Waals surface area contributed by atoms with Crippen LogP contribution in [0.4, 0.5) is 5.69 Å². The number of anilines is 1. The lowest BCUT2D eigenvalue weighted by Crippen LogP contribution is -2.03. The van der Waals surface area contributed by atoms with Crippen LogP contribution in [-0.2, 0) is 0 Å². The molecule has 236 valence electrons. The smallest absolute Gasteiger partial charge is 0.115 e. The zero-order valence-electron chi connectivity index (χ0n) is 26.8. The molecule has 0 saturated carbocycles. The van der Waals surface area contributed by atoms with Gasteiger partial charge in [0.05, 0.1) is 45.6 Å². The van der Waals surface area contributed by atoms with E-state index in [-0.39, 0.29) is 5.75 Å². The number of benzene rings is 4. The summed E-state index contributed by atoms with van der Waals surface area (Å²) in [7, 11) is 0. The van der Waals surface area contributed by atoms with Gasteiger partial charge in [0.25, 0.3) is 0 Å². The van der Waals surface area contributed by atoms with Crippen molar-refractivity contribution in [2.24, 2.45) is 20.0 Å². The lowest BCUT2D eigenvalue weighted by Gasteiger charge is -2.12. The largest absolute Gasteiger partial charge is 0.508 e. The van der Waals surface area contributed by atoms with Crippen LogP contribution in [0.15, 0.2) is 201 Å². The van der Waals surface area contributed by atoms with E-state index in [0.29, 0.717) is 5.69 Å². The highest BCUT2D eigenvalue weighted by Gasteiger charge is 2.27. The van der Waals surface area contributed by atoms with Crippen LogP contribution in [0.1, 0.15) is 22.3 Å². The molecule has 0 fully saturated rings. The Bertz CT molecular complexity index is 2400. The van der Waals surface area contributed by atoms with E-state index in [4.69, 9.17) is 25.7 Å². The van der Waals surface area contributed by atoms with Crippen LogP contribution in [0, 0.1) is 0 Å². The van der Waals surface area contributed by atoms with Gasteiger partial charge in [0, 0.05) is 28.0 Å². The van der Waals surface area contributed by atoms with Crippen molar-refractivity contribution < 1.29 is 5.11 Å². The van der Waals surface area contributed by atoms with Crippen molar-refractivity contribution in [1.29, 1.82) is 0 Å². The predicted molar refractivity (Wildman–Crippen MR) is 206 cm³/mol. The molecule has 3 N–H and O–H groups in total. The van der Waals surface area contributed by atoms with E-state index in [2.05, 4.69) is 48.6 Å². The Hall–Kier alpha value is -6.92. The number of phenols is 1. The summed E-state index contributed by atoms with van der Waals surface area (Å²) in [6.07, 6.45) is 16.4. The summed E-state index contributed by atoms with van der Waals surface area (Å²) in [6.45, 7) is 0. The molecule has 8 bridgehead atoms. The maximum atomic E-state index is 10.2. The van der Waals surface area contributed by atoms with Gasteiger partial charge in [0.1, 0.15) is 5.75 Å². The lowest BCUT2D eigenvalue weighted by molar-refractivity contribution is 0.475. The molecule has 0 aromatic heterocycles. The number of aromatic hydroxyl groups is 1. The lowest BCUT2D eigenvalue weighted by atomic mass is 9.98. The molecule has 5 heterocycles. The summed E-state index contributed by atoms with van der Waals surface area (Å²) in [5.74, 6) is 0.191. The van der Waals surface area contributed by atoms with Crippen LogP contribution in [0.5, 0.6) is 5.75 Å². The molecule has 0 unspecified atom stereocenters. The average molecular weight is 644 g/mol. The van der Waals surface area contributed by atoms with Gasteiger partial charge in [-0.15, -0.1) is 0 Å². The Morgan fingerprint density at radius 3 is 0.980 bits per heavy atom. The minimum Gasteiger partial charge on any atom is -0.508 e. The summed E-state index contributed by atoms with van der Waals surface area (Å²) < 4.78 is 0. The van der Waals surface area contributed by atoms with Crippen LogP contribution in [0.3, 0.4) is 0 Å². The third kappa shape index (κ3) is 5.16. The summed E-state index contributed by atoms with van der Waals surface area (Å²) in [5.41, 5.74) is 20.6. The SMILES string of the molecule is Nc1ccc(C2=C3C=CC(=N3)C(c3ccccc3)=C3C=CC(=N3)C(c3ccccc3)=C3C=CC(=N3)C(c3ccc(O)cc3)=C3C=CC2=N3)cc1. The molecule has 5 aliphatic rings. The van der Waals surface area contributed by atoms with Gasteiger partial charge >= 0.3 is 0 Å². The maximum Gasteiger partial charge on any atom is 0.115 e. The number of hydrogen-bond acceptors (Lipinski definition) is 6. The van der Waals surface area contributed by atoms with Crippen molar-refractivity contribution >= 4 is 50.8 Å². The van der Waals surface area contributed by atoms with Gasteiger partial charge in [0.2, 0.25) is 0 Å². The number of hydrogen-bond donors (Lipinski definition) is 2.